The van der Waals surface area contributed by atoms with E-state index in [0.29, 0.717) is 13.0 Å². The number of carbonyl (C=O) groups is 2. The van der Waals surface area contributed by atoms with E-state index < -0.39 is 6.04 Å². The summed E-state index contributed by atoms with van der Waals surface area (Å²) in [6.45, 7) is 2.54. The number of aryl methyl sites for hydroxylation is 1. The van der Waals surface area contributed by atoms with E-state index in [9.17, 15) is 9.59 Å². The van der Waals surface area contributed by atoms with Crippen molar-refractivity contribution >= 4 is 23.2 Å². The van der Waals surface area contributed by atoms with Crippen molar-refractivity contribution in [2.45, 2.75) is 38.6 Å². The van der Waals surface area contributed by atoms with Crippen molar-refractivity contribution in [1.82, 2.24) is 9.88 Å². The van der Waals surface area contributed by atoms with E-state index in [2.05, 4.69) is 4.98 Å². The lowest BCUT2D eigenvalue weighted by molar-refractivity contribution is -0.154. The second-order valence-corrected chi connectivity index (χ2v) is 5.72. The molecule has 0 N–H and O–H groups in total. The maximum atomic E-state index is 12.3. The van der Waals surface area contributed by atoms with Crippen molar-refractivity contribution in [3.8, 4) is 0 Å². The predicted octanol–water partition coefficient (Wildman–Crippen LogP) is 1.55. The number of carbonyl (C=O) groups excluding carboxylic acids is 2. The number of methoxy groups -OCH3 is 1. The zero-order chi connectivity index (χ0) is 13.8. The molecule has 0 aliphatic carbocycles. The quantitative estimate of drug-likeness (QED) is 0.789. The van der Waals surface area contributed by atoms with Gasteiger partial charge in [-0.25, -0.2) is 9.78 Å². The predicted molar refractivity (Wildman–Crippen MR) is 71.9 cm³/mol. The highest BCUT2D eigenvalue weighted by Gasteiger charge is 2.32. The van der Waals surface area contributed by atoms with Crippen molar-refractivity contribution in [2.24, 2.45) is 0 Å². The maximum absolute atomic E-state index is 12.3. The number of hydrogen-bond donors (Lipinski definition) is 0. The van der Waals surface area contributed by atoms with Crippen LogP contribution in [0.4, 0.5) is 0 Å². The number of thiazole rings is 1. The summed E-state index contributed by atoms with van der Waals surface area (Å²) in [5, 5.41) is 2.84. The van der Waals surface area contributed by atoms with E-state index in [-0.39, 0.29) is 18.3 Å². The second-order valence-electron chi connectivity index (χ2n) is 4.66. The molecule has 104 valence electrons. The van der Waals surface area contributed by atoms with E-state index >= 15 is 0 Å². The average molecular weight is 282 g/mol. The standard InChI is InChI=1S/C13H18N2O3S/c1-9-14-10(8-19-9)7-12(16)15-6-4-3-5-11(15)13(17)18-2/h8,11H,3-7H2,1-2H3/t11-/m1/s1. The molecular weight excluding hydrogens is 264 g/mol. The number of aromatic nitrogens is 1. The Morgan fingerprint density at radius 1 is 1.53 bits per heavy atom. The number of rotatable bonds is 3. The van der Waals surface area contributed by atoms with Crippen LogP contribution in [0.5, 0.6) is 0 Å². The minimum Gasteiger partial charge on any atom is -0.467 e. The Morgan fingerprint density at radius 3 is 2.95 bits per heavy atom. The van der Waals surface area contributed by atoms with Crippen molar-refractivity contribution in [2.75, 3.05) is 13.7 Å². The van der Waals surface area contributed by atoms with Crippen LogP contribution in [-0.4, -0.2) is 41.5 Å². The monoisotopic (exact) mass is 282 g/mol. The van der Waals surface area contributed by atoms with Crippen LogP contribution in [0.15, 0.2) is 5.38 Å². The summed E-state index contributed by atoms with van der Waals surface area (Å²) in [7, 11) is 1.36. The zero-order valence-corrected chi connectivity index (χ0v) is 12.0. The van der Waals surface area contributed by atoms with Crippen LogP contribution in [0.25, 0.3) is 0 Å². The molecular formula is C13H18N2O3S. The molecule has 1 atom stereocenters. The van der Waals surface area contributed by atoms with Gasteiger partial charge in [0.1, 0.15) is 6.04 Å². The third-order valence-corrected chi connectivity index (χ3v) is 4.12. The zero-order valence-electron chi connectivity index (χ0n) is 11.2. The number of hydrogen-bond acceptors (Lipinski definition) is 5. The minimum atomic E-state index is -0.425. The number of likely N-dealkylation sites (tertiary alicyclic amines) is 1. The molecule has 0 spiro atoms. The summed E-state index contributed by atoms with van der Waals surface area (Å²) >= 11 is 1.53. The Bertz CT molecular complexity index is 472. The first kappa shape index (κ1) is 14.0. The van der Waals surface area contributed by atoms with Gasteiger partial charge in [-0.1, -0.05) is 0 Å². The van der Waals surface area contributed by atoms with E-state index in [1.807, 2.05) is 12.3 Å². The molecule has 1 aromatic heterocycles. The van der Waals surface area contributed by atoms with Gasteiger partial charge in [-0.05, 0) is 26.2 Å². The summed E-state index contributed by atoms with van der Waals surface area (Å²) < 4.78 is 4.78. The van der Waals surface area contributed by atoms with Crippen LogP contribution < -0.4 is 0 Å². The fourth-order valence-electron chi connectivity index (χ4n) is 2.36. The molecule has 2 rings (SSSR count). The third kappa shape index (κ3) is 3.32. The topological polar surface area (TPSA) is 59.5 Å². The van der Waals surface area contributed by atoms with Crippen molar-refractivity contribution in [3.05, 3.63) is 16.1 Å². The molecule has 5 nitrogen and oxygen atoms in total. The lowest BCUT2D eigenvalue weighted by atomic mass is 10.0. The van der Waals surface area contributed by atoms with Gasteiger partial charge in [0.2, 0.25) is 5.91 Å². The minimum absolute atomic E-state index is 0.0413. The summed E-state index contributed by atoms with van der Waals surface area (Å²) in [6.07, 6.45) is 2.85. The van der Waals surface area contributed by atoms with Gasteiger partial charge in [0, 0.05) is 11.9 Å². The molecule has 1 aromatic rings. The molecule has 2 heterocycles. The summed E-state index contributed by atoms with van der Waals surface area (Å²) in [4.78, 5) is 29.9. The largest absolute Gasteiger partial charge is 0.467 e. The Balaban J connectivity index is 2.05. The highest BCUT2D eigenvalue weighted by Crippen LogP contribution is 2.20. The van der Waals surface area contributed by atoms with E-state index in [1.54, 1.807) is 4.90 Å². The van der Waals surface area contributed by atoms with Gasteiger partial charge >= 0.3 is 5.97 Å². The lowest BCUT2D eigenvalue weighted by Crippen LogP contribution is -2.49. The van der Waals surface area contributed by atoms with Gasteiger partial charge in [-0.3, -0.25) is 4.79 Å². The summed E-state index contributed by atoms with van der Waals surface area (Å²) in [6, 6.07) is -0.425. The van der Waals surface area contributed by atoms with Gasteiger partial charge in [0.15, 0.2) is 0 Å². The van der Waals surface area contributed by atoms with E-state index in [4.69, 9.17) is 4.74 Å². The average Bonchev–Trinajstić information content (AvgIpc) is 2.83. The molecule has 1 amide bonds. The van der Waals surface area contributed by atoms with Gasteiger partial charge < -0.3 is 9.64 Å². The van der Waals surface area contributed by atoms with Gasteiger partial charge in [0.05, 0.1) is 24.2 Å². The molecule has 0 aromatic carbocycles. The Morgan fingerprint density at radius 2 is 2.32 bits per heavy atom. The molecule has 1 fully saturated rings. The molecule has 0 saturated carbocycles. The maximum Gasteiger partial charge on any atom is 0.328 e. The van der Waals surface area contributed by atoms with Crippen LogP contribution in [0.1, 0.15) is 30.0 Å². The smallest absolute Gasteiger partial charge is 0.328 e. The molecule has 0 bridgehead atoms. The van der Waals surface area contributed by atoms with E-state index in [0.717, 1.165) is 23.5 Å². The summed E-state index contributed by atoms with van der Waals surface area (Å²) in [5.41, 5.74) is 0.779. The van der Waals surface area contributed by atoms with Gasteiger partial charge in [-0.15, -0.1) is 11.3 Å². The van der Waals surface area contributed by atoms with Crippen LogP contribution in [-0.2, 0) is 20.7 Å². The van der Waals surface area contributed by atoms with Gasteiger partial charge in [-0.2, -0.15) is 0 Å². The molecule has 0 radical (unpaired) electrons. The van der Waals surface area contributed by atoms with Crippen molar-refractivity contribution < 1.29 is 14.3 Å². The normalized spacial score (nSPS) is 19.3. The first-order valence-electron chi connectivity index (χ1n) is 6.40. The number of ether oxygens (including phenoxy) is 1. The van der Waals surface area contributed by atoms with Crippen molar-refractivity contribution in [1.29, 1.82) is 0 Å². The first-order chi connectivity index (χ1) is 9.11. The molecule has 1 aliphatic rings. The lowest BCUT2D eigenvalue weighted by Gasteiger charge is -2.33. The van der Waals surface area contributed by atoms with Crippen LogP contribution in [0, 0.1) is 6.92 Å². The highest BCUT2D eigenvalue weighted by atomic mass is 32.1. The molecule has 6 heteroatoms. The Kier molecular flexibility index (Phi) is 4.52. The number of piperidine rings is 1. The Labute approximate surface area is 116 Å². The molecule has 19 heavy (non-hydrogen) atoms. The highest BCUT2D eigenvalue weighted by molar-refractivity contribution is 7.09. The number of nitrogens with zero attached hydrogens (tertiary/aromatic N) is 2. The Hall–Kier alpha value is -1.43. The summed E-state index contributed by atoms with van der Waals surface area (Å²) in [5.74, 6) is -0.358. The van der Waals surface area contributed by atoms with Crippen molar-refractivity contribution in [3.63, 3.8) is 0 Å². The molecule has 1 aliphatic heterocycles. The van der Waals surface area contributed by atoms with E-state index in [1.165, 1.54) is 18.4 Å². The fraction of sp³-hybridized carbons (Fsp3) is 0.615. The number of amides is 1. The van der Waals surface area contributed by atoms with Crippen LogP contribution >= 0.6 is 11.3 Å². The second kappa shape index (κ2) is 6.14. The number of esters is 1. The van der Waals surface area contributed by atoms with Gasteiger partial charge in [0.25, 0.3) is 0 Å². The first-order valence-corrected chi connectivity index (χ1v) is 7.28. The SMILES string of the molecule is COC(=O)[C@H]1CCCCN1C(=O)Cc1csc(C)n1. The molecule has 1 saturated heterocycles. The van der Waals surface area contributed by atoms with Crippen LogP contribution in [0.3, 0.4) is 0 Å². The molecule has 0 unspecified atom stereocenters. The fourth-order valence-corrected chi connectivity index (χ4v) is 2.97. The third-order valence-electron chi connectivity index (χ3n) is 3.30. The van der Waals surface area contributed by atoms with Crippen LogP contribution in [0.2, 0.25) is 0 Å².